The van der Waals surface area contributed by atoms with Crippen molar-refractivity contribution >= 4 is 110 Å². The van der Waals surface area contributed by atoms with E-state index in [4.69, 9.17) is 98.5 Å². The molecule has 129 heavy (non-hydrogen) atoms. The van der Waals surface area contributed by atoms with Gasteiger partial charge < -0.3 is 113 Å². The molecule has 3 fully saturated rings. The molecule has 9 rings (SSSR count). The molecule has 13 N–H and O–H groups in total. The summed E-state index contributed by atoms with van der Waals surface area (Å²) < 4.78 is 200. The minimum absolute atomic E-state index is 0. The van der Waals surface area contributed by atoms with E-state index in [2.05, 4.69) is 32.1 Å². The van der Waals surface area contributed by atoms with Gasteiger partial charge in [-0.25, -0.2) is 43.9 Å². The van der Waals surface area contributed by atoms with Gasteiger partial charge in [-0.3, -0.25) is 42.3 Å². The van der Waals surface area contributed by atoms with E-state index in [9.17, 15) is 96.5 Å². The number of halogens is 13. The first-order valence-electron chi connectivity index (χ1n) is 36.4. The summed E-state index contributed by atoms with van der Waals surface area (Å²) in [6, 6.07) is 16.4. The molecule has 6 aromatic carbocycles. The average Bonchev–Trinajstić information content (AvgIpc) is 1.62. The SMILES string of the molecule is C.C.Fc1c[c-]cc(F)c1.N[C@@H](Cc1cc(F)cc(F)c1)[C@H](O)CO.O=BC#CO.[B]C(=O)N1C[C@H]1[C@H]1COC(C)(C)O1.[B]C(=O)N[C@@H](Cc1cc(F)cc(F)c1)[C@@H](COC(C)=O)OC.[B]C(=O)N[C@@H](Cc1cc(F)cc(F)c1)[C@H](O)CO.[B]C(=O)N[C@@H](Cc1cc(F)cc(F)c1)[C@H](O)COC(C)=O.[B]C(=O)N[C@@H](Cc1cc(F)cc(F)c1)[C@H]1COC(C)(C)O1.[Br-].[Mg+2].[Na+].[OH-]. The van der Waals surface area contributed by atoms with Gasteiger partial charge >= 0.3 is 93.4 Å². The summed E-state index contributed by atoms with van der Waals surface area (Å²) in [5.74, 6) is -12.9. The number of aliphatic hydroxyl groups is 6. The Morgan fingerprint density at radius 2 is 0.853 bits per heavy atom. The monoisotopic (exact) mass is 1910 g/mol. The maximum Gasteiger partial charge on any atom is 2.00 e. The molecule has 0 bridgehead atoms. The third-order valence-corrected chi connectivity index (χ3v) is 16.4. The van der Waals surface area contributed by atoms with Crippen LogP contribution in [0, 0.1) is 87.8 Å². The second kappa shape index (κ2) is 66.5. The molecule has 0 spiro atoms. The maximum absolute atomic E-state index is 13.2. The number of nitrogens with two attached hydrogens (primary N) is 1. The van der Waals surface area contributed by atoms with Crippen LogP contribution in [-0.2, 0) is 79.6 Å². The van der Waals surface area contributed by atoms with E-state index in [-0.39, 0.29) is 171 Å². The van der Waals surface area contributed by atoms with Crippen molar-refractivity contribution in [2.75, 3.05) is 53.3 Å². The van der Waals surface area contributed by atoms with Crippen LogP contribution in [0.5, 0.6) is 0 Å². The molecule has 5 amide bonds. The number of nitrogens with zero attached hydrogens (tertiary/aromatic N) is 1. The van der Waals surface area contributed by atoms with Gasteiger partial charge in [-0.15, -0.1) is 18.2 Å². The van der Waals surface area contributed by atoms with Crippen molar-refractivity contribution in [1.29, 1.82) is 0 Å². The fraction of sp³-hybridized carbons (Fsp3) is 0.438. The largest absolute Gasteiger partial charge is 2.00 e. The Balaban J connectivity index is -0.000000462. The van der Waals surface area contributed by atoms with Gasteiger partial charge in [-0.1, -0.05) is 14.9 Å². The first-order chi connectivity index (χ1) is 57.5. The minimum atomic E-state index is -1.27. The van der Waals surface area contributed by atoms with Crippen LogP contribution in [0.1, 0.15) is 84.2 Å². The Kier molecular flexibility index (Phi) is 66.7. The van der Waals surface area contributed by atoms with Crippen LogP contribution in [0.3, 0.4) is 0 Å². The van der Waals surface area contributed by atoms with Crippen LogP contribution in [0.2, 0.25) is 0 Å². The average molecular weight is 1910 g/mol. The number of rotatable bonds is 27. The zero-order valence-electron chi connectivity index (χ0n) is 69.7. The molecule has 10 radical (unpaired) electrons. The Bertz CT molecular complexity index is 4380. The number of amides is 5. The van der Waals surface area contributed by atoms with E-state index in [1.165, 1.54) is 32.3 Å². The van der Waals surface area contributed by atoms with Crippen molar-refractivity contribution in [3.63, 3.8) is 0 Å². The van der Waals surface area contributed by atoms with Crippen LogP contribution in [-0.4, -0.2) is 289 Å². The molecule has 0 unspecified atom stereocenters. The van der Waals surface area contributed by atoms with Crippen LogP contribution in [0.4, 0.5) is 76.7 Å². The van der Waals surface area contributed by atoms with E-state index in [1.807, 2.05) is 13.8 Å². The van der Waals surface area contributed by atoms with E-state index >= 15 is 0 Å². The number of nitrogens with one attached hydrogen (secondary N) is 4. The first kappa shape index (κ1) is 130. The van der Waals surface area contributed by atoms with Gasteiger partial charge in [0.1, 0.15) is 95.8 Å². The van der Waals surface area contributed by atoms with Crippen LogP contribution >= 0.6 is 0 Å². The Labute approximate surface area is 794 Å². The summed E-state index contributed by atoms with van der Waals surface area (Å²) in [5.41, 5.74) is 7.02. The number of hydrogen-bond donors (Lipinski definition) is 11. The standard InChI is InChI=1S/C14H16BF2NO4.C14H16BF2NO3.C13H14BF2NO4.C11H12BF2NO3.C10H13F2NO2.C8H12BNO3.C6H3F2.C2HBO2.2CH4.BrH.Mg.Na.H2O/c1-8(19)22-7-13(21-2)12(18-14(15)20)5-9-3-10(16)6-11(17)4-9;1-14(2)20-7-12(21-14)11(18-13(15)19)5-8-3-9(16)6-10(17)4-8;1-7(18)21-6-12(19)11(17-13(14)20)4-8-2-9(15)5-10(16)3-8;12-11(18)15-9(10(17)5-16)3-6-1-7(13)4-8(14)2-6;11-7-1-6(2-8(12)4-7)3-9(13)10(15)5-14;1-8(2)12-4-6(13-8)5-3-10(5)7(9)11;7-5-2-1-3-6(8)4-5;4-2-1-3-5;;;;;;/h3-4,6,12-13H,5,7H2,1-2H3,(H,18,20);3-4,6,11-12H,5,7H2,1-2H3,(H,18,19);2-3,5,11-12,19H,4,6H2,1H3,(H,17,20);1-2,4,9-10,16-17H,3,5H2,(H,15,18);1-2,4,9-10,14-15H,3,5,13H2;5-6H,3-4H2,1-2H3;2-4H;4H;2*1H4;1H;;;1H2/q;;;;;;-1;;;;;+2;+1;/p-2/t12-,13+;2*11-,12+;2*9-,10+;5-,6+,10?;;;;;;;;/m000000......../s1. The van der Waals surface area contributed by atoms with Crippen molar-refractivity contribution < 1.29 is 207 Å². The van der Waals surface area contributed by atoms with Gasteiger partial charge in [-0.05, 0) is 148 Å². The summed E-state index contributed by atoms with van der Waals surface area (Å²) in [6.07, 6.45) is -3.21. The predicted molar refractivity (Wildman–Crippen MR) is 441 cm³/mol. The fourth-order valence-electron chi connectivity index (χ4n) is 11.0. The van der Waals surface area contributed by atoms with E-state index in [0.29, 0.717) is 49.1 Å². The quantitative estimate of drug-likeness (QED) is 0.00816. The summed E-state index contributed by atoms with van der Waals surface area (Å²) in [7, 11) is 26.9. The van der Waals surface area contributed by atoms with Gasteiger partial charge in [0.2, 0.25) is 39.2 Å². The summed E-state index contributed by atoms with van der Waals surface area (Å²) in [4.78, 5) is 77.7. The number of ether oxygens (including phenoxy) is 7. The minimum Gasteiger partial charge on any atom is -1.00 e. The second-order valence-electron chi connectivity index (χ2n) is 27.5. The third kappa shape index (κ3) is 56.5. The number of methoxy groups -OCH3 is 1. The molecule has 49 heteroatoms. The number of aliphatic hydroxyl groups excluding tert-OH is 6. The molecule has 690 valence electrons. The summed E-state index contributed by atoms with van der Waals surface area (Å²) in [5, 5.41) is 62.8. The van der Waals surface area contributed by atoms with Crippen molar-refractivity contribution in [1.82, 2.24) is 26.2 Å². The third-order valence-electron chi connectivity index (χ3n) is 16.4. The second-order valence-corrected chi connectivity index (χ2v) is 27.5. The predicted octanol–water partition coefficient (Wildman–Crippen LogP) is 0.136. The number of carbonyl (C=O) groups excluding carboxylic acids is 7. The van der Waals surface area contributed by atoms with Crippen LogP contribution in [0.25, 0.3) is 0 Å². The maximum atomic E-state index is 13.2. The van der Waals surface area contributed by atoms with Crippen molar-refractivity contribution in [3.8, 4) is 11.9 Å². The molecule has 0 saturated carbocycles. The molecule has 3 aliphatic rings. The Morgan fingerprint density at radius 3 is 1.13 bits per heavy atom. The molecule has 0 aliphatic carbocycles. The van der Waals surface area contributed by atoms with Gasteiger partial charge in [0, 0.05) is 75.5 Å². The zero-order chi connectivity index (χ0) is 93.2. The molecule has 6 aromatic rings. The van der Waals surface area contributed by atoms with E-state index < -0.39 is 190 Å². The molecule has 3 aliphatic heterocycles. The molecule has 3 saturated heterocycles. The summed E-state index contributed by atoms with van der Waals surface area (Å²) in [6.45, 7) is 9.52. The number of hydrogen-bond acceptors (Lipinski definition) is 23. The van der Waals surface area contributed by atoms with Gasteiger partial charge in [-0.2, -0.15) is 6.07 Å². The zero-order valence-corrected chi connectivity index (χ0v) is 74.7. The number of benzene rings is 6. The van der Waals surface area contributed by atoms with Crippen LogP contribution in [0.15, 0.2) is 109 Å². The molecule has 12 atom stereocenters. The van der Waals surface area contributed by atoms with Crippen molar-refractivity contribution in [2.24, 2.45) is 5.73 Å². The fourth-order valence-corrected chi connectivity index (χ4v) is 11.0. The van der Waals surface area contributed by atoms with Gasteiger partial charge in [0.15, 0.2) is 40.6 Å². The first-order valence-corrected chi connectivity index (χ1v) is 36.4. The van der Waals surface area contributed by atoms with Crippen molar-refractivity contribution in [2.45, 2.75) is 173 Å². The molecule has 0 aromatic heterocycles. The molecule has 28 nitrogen and oxygen atoms in total. The van der Waals surface area contributed by atoms with E-state index in [1.54, 1.807) is 24.6 Å². The normalized spacial score (nSPS) is 16.1. The van der Waals surface area contributed by atoms with Gasteiger partial charge in [0.05, 0.1) is 68.8 Å². The number of carbonyl (C=O) groups is 7. The Morgan fingerprint density at radius 1 is 0.527 bits per heavy atom. The Hall–Kier alpha value is -7.91. The van der Waals surface area contributed by atoms with Crippen molar-refractivity contribution in [3.05, 3.63) is 213 Å². The summed E-state index contributed by atoms with van der Waals surface area (Å²) >= 11 is 0. The van der Waals surface area contributed by atoms with Gasteiger partial charge in [0.25, 0.3) is 0 Å². The topological polar surface area (TPSA) is 430 Å². The number of esters is 2. The smallest absolute Gasteiger partial charge is 1.00 e. The van der Waals surface area contributed by atoms with E-state index in [0.717, 1.165) is 91.9 Å². The van der Waals surface area contributed by atoms with Crippen LogP contribution < -0.4 is 73.5 Å². The molecular weight excluding hydrogens is 1820 g/mol. The molecular formula is C80H96B6BrF12MgN6NaO22. The molecule has 3 heterocycles.